The van der Waals surface area contributed by atoms with Crippen molar-refractivity contribution in [3.05, 3.63) is 72.1 Å². The number of carbonyl (C=O) groups excluding carboxylic acids is 4. The lowest BCUT2D eigenvalue weighted by Gasteiger charge is -2.49. The number of carbonyl (C=O) groups is 4. The lowest BCUT2D eigenvalue weighted by atomic mass is 9.73. The van der Waals surface area contributed by atoms with Crippen LogP contribution >= 0.6 is 0 Å². The highest BCUT2D eigenvalue weighted by Crippen LogP contribution is 2.42. The molecule has 33 heteroatoms. The number of aryl methyl sites for hydroxylation is 2. The van der Waals surface area contributed by atoms with Crippen molar-refractivity contribution in [1.29, 1.82) is 0 Å². The van der Waals surface area contributed by atoms with E-state index in [1.165, 1.54) is 29.9 Å². The molecule has 2 saturated heterocycles. The Kier molecular flexibility index (Phi) is 22.5. The standard InChI is InChI=1S/C55H73N5O25S3/c1-3-35-36(51(67)56-19-10-15-32-26-60(59-58-32)20-18-42(62)57-37-24-33(86(71,72)73)22-31-23-34(87(74,75)76)25-41(43(31)37)88(77,78)79)16-17-38(48(35)85-54-47(66)46(65)44(63)28(2)80-54)82-55-50(84-53(70)30-13-8-5-9-14-30)49(45(64)40(27-61)83-55)81-39(52(68)69)21-29-11-6-4-7-12-29/h5,8-9,13-14,22-26,28-29,35-36,38-40,44-50,54-55,61,63-66H,3-4,6-7,10-12,15-21,27H2,1-2H3,(H,56,67)(H,57,62)(H,68,69)(H,71,72,73)(H,74,75,76)(H,77,78,79)/p-4/t28-,35-,36-,38+,39-,40+,44+,45-,46+,47-,48+,49-,50+,54-,55+/m0/s1. The zero-order valence-electron chi connectivity index (χ0n) is 47.6. The van der Waals surface area contributed by atoms with Gasteiger partial charge in [-0.3, -0.25) is 14.3 Å². The van der Waals surface area contributed by atoms with Gasteiger partial charge in [0, 0.05) is 30.5 Å². The highest BCUT2D eigenvalue weighted by Gasteiger charge is 2.54. The Labute approximate surface area is 506 Å². The Morgan fingerprint density at radius 2 is 1.48 bits per heavy atom. The number of aliphatic carboxylic acids is 1. The number of ether oxygens (including phenoxy) is 6. The van der Waals surface area contributed by atoms with Crippen molar-refractivity contribution in [3.63, 3.8) is 0 Å². The van der Waals surface area contributed by atoms with Crippen LogP contribution in [0.25, 0.3) is 10.8 Å². The van der Waals surface area contributed by atoms with E-state index in [2.05, 4.69) is 20.9 Å². The van der Waals surface area contributed by atoms with Gasteiger partial charge in [-0.05, 0) is 99.1 Å². The van der Waals surface area contributed by atoms with Crippen LogP contribution in [0.2, 0.25) is 0 Å². The predicted molar refractivity (Wildman–Crippen MR) is 293 cm³/mol. The Bertz CT molecular complexity index is 3460. The van der Waals surface area contributed by atoms with Gasteiger partial charge in [-0.25, -0.2) is 30.0 Å². The van der Waals surface area contributed by atoms with Crippen molar-refractivity contribution in [1.82, 2.24) is 20.3 Å². The summed E-state index contributed by atoms with van der Waals surface area (Å²) < 4.78 is 147. The Balaban J connectivity index is 0.957. The van der Waals surface area contributed by atoms with Crippen molar-refractivity contribution in [2.24, 2.45) is 17.8 Å². The van der Waals surface area contributed by atoms with Crippen LogP contribution in [0.4, 0.5) is 5.69 Å². The third-order valence-corrected chi connectivity index (χ3v) is 18.8. The summed E-state index contributed by atoms with van der Waals surface area (Å²) in [6.45, 7) is 2.25. The Hall–Kier alpha value is -5.73. The number of aliphatic hydroxyl groups excluding tert-OH is 5. The Morgan fingerprint density at radius 1 is 0.795 bits per heavy atom. The zero-order chi connectivity index (χ0) is 64.0. The number of nitrogens with zero attached hydrogens (tertiary/aromatic N) is 3. The fourth-order valence-electron chi connectivity index (χ4n) is 11.8. The van der Waals surface area contributed by atoms with E-state index in [0.29, 0.717) is 23.9 Å². The minimum absolute atomic E-state index is 0.00567. The minimum atomic E-state index is -5.60. The smallest absolute Gasteiger partial charge is 0.338 e. The summed E-state index contributed by atoms with van der Waals surface area (Å²) in [5.74, 6) is -5.54. The van der Waals surface area contributed by atoms with Crippen LogP contribution in [0.5, 0.6) is 0 Å². The number of nitrogens with one attached hydrogen (secondary N) is 2. The molecule has 8 rings (SSSR count). The molecule has 7 N–H and O–H groups in total. The molecule has 0 unspecified atom stereocenters. The van der Waals surface area contributed by atoms with Crippen molar-refractivity contribution in [2.75, 3.05) is 18.5 Å². The molecule has 2 amide bonds. The van der Waals surface area contributed by atoms with Gasteiger partial charge in [0.15, 0.2) is 18.7 Å². The molecular weight excluding hydrogens is 1230 g/mol. The van der Waals surface area contributed by atoms with E-state index < -0.39 is 190 Å². The first-order valence-corrected chi connectivity index (χ1v) is 32.8. The van der Waals surface area contributed by atoms with Crippen molar-refractivity contribution in [3.8, 4) is 0 Å². The topological polar surface area (TPSA) is 474 Å². The molecule has 1 aromatic heterocycles. The van der Waals surface area contributed by atoms with Gasteiger partial charge in [0.25, 0.3) is 0 Å². The summed E-state index contributed by atoms with van der Waals surface area (Å²) in [6, 6.07) is 9.63. The Morgan fingerprint density at radius 3 is 2.11 bits per heavy atom. The molecule has 2 aliphatic heterocycles. The molecular formula is C55H69N5O25S3-4. The van der Waals surface area contributed by atoms with Crippen molar-refractivity contribution >= 4 is 70.6 Å². The molecule has 0 bridgehead atoms. The van der Waals surface area contributed by atoms with Gasteiger partial charge >= 0.3 is 5.97 Å². The summed E-state index contributed by atoms with van der Waals surface area (Å²) >= 11 is 0. The van der Waals surface area contributed by atoms with Gasteiger partial charge in [-0.15, -0.1) is 5.10 Å². The van der Waals surface area contributed by atoms with Gasteiger partial charge in [-0.2, -0.15) is 0 Å². The second kappa shape index (κ2) is 29.0. The second-order valence-electron chi connectivity index (χ2n) is 22.3. The van der Waals surface area contributed by atoms with E-state index in [-0.39, 0.29) is 69.2 Å². The van der Waals surface area contributed by atoms with Crippen molar-refractivity contribution in [2.45, 2.75) is 192 Å². The van der Waals surface area contributed by atoms with Crippen LogP contribution in [0, 0.1) is 17.8 Å². The number of fused-ring (bicyclic) bond motifs is 1. The molecule has 30 nitrogen and oxygen atoms in total. The lowest BCUT2D eigenvalue weighted by molar-refractivity contribution is -0.355. The number of aliphatic hydroxyl groups is 5. The molecule has 2 aliphatic carbocycles. The quantitative estimate of drug-likeness (QED) is 0.0238. The van der Waals surface area contributed by atoms with Crippen LogP contribution < -0.4 is 15.7 Å². The number of rotatable bonds is 25. The number of benzene rings is 3. The number of carboxylic acid groups (broad SMARTS) is 1. The van der Waals surface area contributed by atoms with Gasteiger partial charge < -0.3 is 88.1 Å². The number of hydrogen-bond acceptors (Lipinski definition) is 27. The van der Waals surface area contributed by atoms with Gasteiger partial charge in [0.05, 0.1) is 75.2 Å². The number of amides is 2. The van der Waals surface area contributed by atoms with Crippen molar-refractivity contribution < 1.29 is 117 Å². The SMILES string of the molecule is CC[C@@H]1[C@@H](O[C@@H]2O[C@@H](C)[C@@H](O)[C@@H](O)[C@@H]2O)[C@H](O[C@@H]2O[C@H](CO)[C@H](O)[C@H](O[C@@H](CC3CCCCC3)C(=O)[O-])[C@H]2OC(=O)c2ccccc2)CC[C@@H]1C(=O)NCCCc1cn(CCC(=O)Nc2cc(S(=O)(=O)[O-])cc3cc(S(=O)(=O)[O-])cc(S(=O)(=O)[O-])c23)nn1. The molecule has 4 fully saturated rings. The molecule has 4 aromatic rings. The largest absolute Gasteiger partial charge is 0.744 e. The normalized spacial score (nSPS) is 28.6. The van der Waals surface area contributed by atoms with Gasteiger partial charge in [0.2, 0.25) is 11.8 Å². The predicted octanol–water partition coefficient (Wildman–Crippen LogP) is -0.967. The average Bonchev–Trinajstić information content (AvgIpc) is 0.961. The molecule has 2 saturated carbocycles. The molecule has 0 radical (unpaired) electrons. The number of esters is 1. The van der Waals surface area contributed by atoms with Crippen LogP contribution in [0.1, 0.15) is 101 Å². The summed E-state index contributed by atoms with van der Waals surface area (Å²) in [5, 5.41) is 79.5. The van der Waals surface area contributed by atoms with Crippen LogP contribution in [-0.2, 0) is 86.1 Å². The first-order chi connectivity index (χ1) is 41.6. The number of hydrogen-bond donors (Lipinski definition) is 7. The summed E-state index contributed by atoms with van der Waals surface area (Å²) in [4.78, 5) is 50.5. The molecule has 15 atom stereocenters. The molecule has 486 valence electrons. The maximum Gasteiger partial charge on any atom is 0.338 e. The summed E-state index contributed by atoms with van der Waals surface area (Å²) in [7, 11) is -16.4. The first kappa shape index (κ1) is 68.2. The first-order valence-electron chi connectivity index (χ1n) is 28.6. The molecule has 3 heterocycles. The van der Waals surface area contributed by atoms with Crippen LogP contribution in [-0.4, -0.2) is 196 Å². The highest BCUT2D eigenvalue weighted by atomic mass is 32.2. The molecule has 0 spiro atoms. The fraction of sp³-hybridized carbons (Fsp3) is 0.600. The lowest BCUT2D eigenvalue weighted by Crippen LogP contribution is -2.64. The zero-order valence-corrected chi connectivity index (χ0v) is 50.0. The van der Waals surface area contributed by atoms with E-state index in [9.17, 15) is 88.7 Å². The third kappa shape index (κ3) is 16.6. The second-order valence-corrected chi connectivity index (χ2v) is 26.4. The monoisotopic (exact) mass is 1300 g/mol. The van der Waals surface area contributed by atoms with E-state index in [4.69, 9.17) is 28.4 Å². The number of aromatic nitrogens is 3. The van der Waals surface area contributed by atoms with E-state index in [1.807, 2.05) is 0 Å². The highest BCUT2D eigenvalue weighted by molar-refractivity contribution is 7.87. The molecule has 4 aliphatic rings. The maximum atomic E-state index is 14.3. The molecule has 88 heavy (non-hydrogen) atoms. The maximum absolute atomic E-state index is 14.3. The van der Waals surface area contributed by atoms with E-state index >= 15 is 0 Å². The van der Waals surface area contributed by atoms with Crippen LogP contribution in [0.3, 0.4) is 0 Å². The number of carboxylic acids is 1. The fourth-order valence-corrected chi connectivity index (χ4v) is 13.7. The summed E-state index contributed by atoms with van der Waals surface area (Å²) in [5.41, 5.74) is -0.216. The minimum Gasteiger partial charge on any atom is -0.744 e. The van der Waals surface area contributed by atoms with E-state index in [1.54, 1.807) is 25.1 Å². The number of anilines is 1. The third-order valence-electron chi connectivity index (χ3n) is 16.3. The molecule has 3 aromatic carbocycles. The van der Waals surface area contributed by atoms with E-state index in [0.717, 1.165) is 32.1 Å². The summed E-state index contributed by atoms with van der Waals surface area (Å²) in [6.07, 6.45) is -14.1. The average molecular weight is 1300 g/mol. The van der Waals surface area contributed by atoms with Crippen LogP contribution in [0.15, 0.2) is 75.5 Å². The van der Waals surface area contributed by atoms with Gasteiger partial charge in [-0.1, -0.05) is 62.4 Å². The van der Waals surface area contributed by atoms with Gasteiger partial charge in [0.1, 0.15) is 67.0 Å².